The number of carbonyl (C=O) groups is 2. The monoisotopic (exact) mass is 601 g/mol. The molecule has 0 fully saturated rings. The summed E-state index contributed by atoms with van der Waals surface area (Å²) < 4.78 is 38.0. The summed E-state index contributed by atoms with van der Waals surface area (Å²) in [6.07, 6.45) is -0.178. The van der Waals surface area contributed by atoms with E-state index in [1.165, 1.54) is 41.9 Å². The fourth-order valence-electron chi connectivity index (χ4n) is 3.88. The lowest BCUT2D eigenvalue weighted by Crippen LogP contribution is -2.49. The van der Waals surface area contributed by atoms with Crippen LogP contribution >= 0.6 is 22.7 Å². The summed E-state index contributed by atoms with van der Waals surface area (Å²) in [6.45, 7) is 1.91. The molecule has 2 heterocycles. The number of nitrogens with one attached hydrogen (secondary N) is 3. The number of hydrogen-bond acceptors (Lipinski definition) is 9. The van der Waals surface area contributed by atoms with Crippen molar-refractivity contribution in [2.45, 2.75) is 31.8 Å². The minimum Gasteiger partial charge on any atom is -0.453 e. The summed E-state index contributed by atoms with van der Waals surface area (Å²) in [4.78, 5) is 34.8. The number of ether oxygens (including phenoxy) is 1. The van der Waals surface area contributed by atoms with Crippen molar-refractivity contribution >= 4 is 50.7 Å². The topological polar surface area (TPSA) is 160 Å². The van der Waals surface area contributed by atoms with Crippen LogP contribution in [0.1, 0.15) is 27.9 Å². The highest BCUT2D eigenvalue weighted by molar-refractivity contribution is 7.87. The largest absolute Gasteiger partial charge is 0.453 e. The first-order valence-electron chi connectivity index (χ1n) is 12.0. The van der Waals surface area contributed by atoms with Crippen LogP contribution in [0.4, 0.5) is 10.5 Å². The van der Waals surface area contributed by atoms with Gasteiger partial charge in [0.25, 0.3) is 0 Å². The Kier molecular flexibility index (Phi) is 9.47. The Morgan fingerprint density at radius 2 is 1.65 bits per heavy atom. The van der Waals surface area contributed by atoms with E-state index in [0.29, 0.717) is 17.1 Å². The van der Waals surface area contributed by atoms with Crippen molar-refractivity contribution in [2.24, 2.45) is 0 Å². The first kappa shape index (κ1) is 29.1. The van der Waals surface area contributed by atoms with Crippen molar-refractivity contribution in [3.05, 3.63) is 87.2 Å². The highest BCUT2D eigenvalue weighted by Gasteiger charge is 2.26. The number of aromatic nitrogens is 2. The predicted molar refractivity (Wildman–Crippen MR) is 154 cm³/mol. The molecule has 0 bridgehead atoms. The van der Waals surface area contributed by atoms with E-state index in [1.54, 1.807) is 12.1 Å². The highest BCUT2D eigenvalue weighted by atomic mass is 32.2. The van der Waals surface area contributed by atoms with Gasteiger partial charge in [0.1, 0.15) is 16.7 Å². The molecule has 4 rings (SSSR count). The van der Waals surface area contributed by atoms with Gasteiger partial charge in [-0.1, -0.05) is 42.5 Å². The van der Waals surface area contributed by atoms with E-state index in [2.05, 4.69) is 15.6 Å². The SMILES string of the molecule is COC(=O)N[C@@H](Cc1ccccc1)C(=O)NC(Cc1ccc(NS(=O)(=O)O)cc1)c1csc(-c2csc(C)n2)n1. The summed E-state index contributed by atoms with van der Waals surface area (Å²) in [5.41, 5.74) is 3.17. The van der Waals surface area contributed by atoms with Crippen molar-refractivity contribution in [3.63, 3.8) is 0 Å². The Morgan fingerprint density at radius 1 is 0.950 bits per heavy atom. The Morgan fingerprint density at radius 3 is 2.27 bits per heavy atom. The third kappa shape index (κ3) is 8.32. The van der Waals surface area contributed by atoms with Crippen LogP contribution < -0.4 is 15.4 Å². The zero-order valence-electron chi connectivity index (χ0n) is 21.5. The van der Waals surface area contributed by atoms with Gasteiger partial charge in [-0.2, -0.15) is 8.42 Å². The molecule has 2 aromatic carbocycles. The van der Waals surface area contributed by atoms with E-state index in [4.69, 9.17) is 14.3 Å². The molecule has 2 atom stereocenters. The van der Waals surface area contributed by atoms with Crippen LogP contribution in [0.25, 0.3) is 10.7 Å². The maximum atomic E-state index is 13.5. The van der Waals surface area contributed by atoms with E-state index >= 15 is 0 Å². The second kappa shape index (κ2) is 13.0. The number of alkyl carbamates (subject to hydrolysis) is 1. The number of methoxy groups -OCH3 is 1. The number of hydrogen-bond donors (Lipinski definition) is 4. The molecular weight excluding hydrogens is 575 g/mol. The molecule has 2 amide bonds. The molecule has 0 spiro atoms. The predicted octanol–water partition coefficient (Wildman–Crippen LogP) is 4.16. The number of anilines is 1. The molecule has 4 aromatic rings. The molecule has 40 heavy (non-hydrogen) atoms. The molecule has 0 radical (unpaired) electrons. The number of amides is 2. The summed E-state index contributed by atoms with van der Waals surface area (Å²) in [5.74, 6) is -0.428. The molecule has 0 aliphatic heterocycles. The van der Waals surface area contributed by atoms with Gasteiger partial charge in [0, 0.05) is 17.2 Å². The maximum absolute atomic E-state index is 13.5. The molecule has 14 heteroatoms. The molecule has 0 saturated carbocycles. The second-order valence-electron chi connectivity index (χ2n) is 8.75. The molecule has 0 aliphatic rings. The zero-order valence-corrected chi connectivity index (χ0v) is 24.0. The Labute approximate surface area is 239 Å². The van der Waals surface area contributed by atoms with E-state index < -0.39 is 34.4 Å². The standard InChI is InChI=1S/C26H27N5O6S3/c1-16-27-23(15-38-16)25-29-22(14-39-25)20(12-18-8-10-19(11-9-18)31-40(34,35)36)28-24(32)21(30-26(33)37-2)13-17-6-4-3-5-7-17/h3-11,14-15,20-21,31H,12-13H2,1-2H3,(H,28,32)(H,30,33)(H,34,35,36)/t20?,21-/m0/s1. The summed E-state index contributed by atoms with van der Waals surface area (Å²) in [7, 11) is -3.18. The number of nitrogens with zero attached hydrogens (tertiary/aromatic N) is 2. The second-order valence-corrected chi connectivity index (χ2v) is 11.8. The van der Waals surface area contributed by atoms with Crippen LogP contribution in [0.5, 0.6) is 0 Å². The molecule has 2 aromatic heterocycles. The first-order chi connectivity index (χ1) is 19.1. The van der Waals surface area contributed by atoms with Gasteiger partial charge in [0.15, 0.2) is 0 Å². The van der Waals surface area contributed by atoms with E-state index in [1.807, 2.05) is 52.7 Å². The maximum Gasteiger partial charge on any atom is 0.407 e. The van der Waals surface area contributed by atoms with Crippen LogP contribution in [0.3, 0.4) is 0 Å². The molecule has 1 unspecified atom stereocenters. The number of benzene rings is 2. The van der Waals surface area contributed by atoms with Crippen molar-refractivity contribution in [2.75, 3.05) is 11.8 Å². The van der Waals surface area contributed by atoms with Crippen LogP contribution in [-0.4, -0.2) is 48.1 Å². The van der Waals surface area contributed by atoms with Crippen LogP contribution in [-0.2, 0) is 32.7 Å². The number of thiazole rings is 2. The van der Waals surface area contributed by atoms with Gasteiger partial charge in [-0.25, -0.2) is 14.8 Å². The normalized spacial score (nSPS) is 12.8. The van der Waals surface area contributed by atoms with Crippen LogP contribution in [0, 0.1) is 6.92 Å². The van der Waals surface area contributed by atoms with Crippen molar-refractivity contribution < 1.29 is 27.3 Å². The lowest BCUT2D eigenvalue weighted by atomic mass is 10.0. The molecule has 4 N–H and O–H groups in total. The van der Waals surface area contributed by atoms with Gasteiger partial charge in [-0.3, -0.25) is 14.1 Å². The molecule has 11 nitrogen and oxygen atoms in total. The van der Waals surface area contributed by atoms with Gasteiger partial charge >= 0.3 is 16.4 Å². The number of aryl methyl sites for hydroxylation is 1. The van der Waals surface area contributed by atoms with Gasteiger partial charge in [-0.05, 0) is 36.6 Å². The van der Waals surface area contributed by atoms with Crippen molar-refractivity contribution in [1.82, 2.24) is 20.6 Å². The van der Waals surface area contributed by atoms with Crippen LogP contribution in [0.15, 0.2) is 65.4 Å². The van der Waals surface area contributed by atoms with Crippen LogP contribution in [0.2, 0.25) is 0 Å². The fourth-order valence-corrected chi connectivity index (χ4v) is 5.82. The van der Waals surface area contributed by atoms with Gasteiger partial charge in [0.2, 0.25) is 5.91 Å². The van der Waals surface area contributed by atoms with Gasteiger partial charge in [0.05, 0.1) is 29.5 Å². The average Bonchev–Trinajstić information content (AvgIpc) is 3.58. The van der Waals surface area contributed by atoms with E-state index in [9.17, 15) is 18.0 Å². The molecule has 210 valence electrons. The fraction of sp³-hybridized carbons (Fsp3) is 0.231. The lowest BCUT2D eigenvalue weighted by molar-refractivity contribution is -0.123. The summed E-state index contributed by atoms with van der Waals surface area (Å²) in [6, 6.07) is 14.1. The Balaban J connectivity index is 1.60. The number of rotatable bonds is 11. The van der Waals surface area contributed by atoms with E-state index in [-0.39, 0.29) is 12.1 Å². The highest BCUT2D eigenvalue weighted by Crippen LogP contribution is 2.29. The van der Waals surface area contributed by atoms with Crippen molar-refractivity contribution in [3.8, 4) is 10.7 Å². The minimum absolute atomic E-state index is 0.187. The molecular formula is C26H27N5O6S3. The average molecular weight is 602 g/mol. The molecule has 0 saturated heterocycles. The minimum atomic E-state index is -4.41. The third-order valence-electron chi connectivity index (χ3n) is 5.75. The van der Waals surface area contributed by atoms with Crippen molar-refractivity contribution in [1.29, 1.82) is 0 Å². The Bertz CT molecular complexity index is 1550. The smallest absolute Gasteiger partial charge is 0.407 e. The third-order valence-corrected chi connectivity index (χ3v) is 7.90. The number of carbonyl (C=O) groups excluding carboxylic acids is 2. The quantitative estimate of drug-likeness (QED) is 0.187. The first-order valence-corrected chi connectivity index (χ1v) is 15.2. The van der Waals surface area contributed by atoms with Gasteiger partial charge in [-0.15, -0.1) is 22.7 Å². The van der Waals surface area contributed by atoms with Gasteiger partial charge < -0.3 is 15.4 Å². The van der Waals surface area contributed by atoms with E-state index in [0.717, 1.165) is 21.8 Å². The Hall–Kier alpha value is -3.85. The molecule has 0 aliphatic carbocycles. The zero-order chi connectivity index (χ0) is 28.7. The summed E-state index contributed by atoms with van der Waals surface area (Å²) >= 11 is 2.92. The summed E-state index contributed by atoms with van der Waals surface area (Å²) in [5, 5.41) is 11.0. The lowest BCUT2D eigenvalue weighted by Gasteiger charge is -2.23.